The maximum Gasteiger partial charge on any atom is 0.401 e. The summed E-state index contributed by atoms with van der Waals surface area (Å²) in [5, 5.41) is 0. The number of hydrogen-bond acceptors (Lipinski definition) is 4. The Morgan fingerprint density at radius 1 is 1.30 bits per heavy atom. The first-order valence-corrected chi connectivity index (χ1v) is 6.56. The minimum Gasteiger partial charge on any atom is -0.389 e. The molecule has 0 bridgehead atoms. The van der Waals surface area contributed by atoms with Crippen molar-refractivity contribution in [2.45, 2.75) is 6.18 Å². The molecule has 1 aromatic rings. The number of thiocarbonyl (C=S) groups is 1. The predicted octanol–water partition coefficient (Wildman–Crippen LogP) is 1.40. The number of aromatic nitrogens is 1. The van der Waals surface area contributed by atoms with Crippen molar-refractivity contribution in [1.29, 1.82) is 0 Å². The molecule has 0 atom stereocenters. The molecule has 1 fully saturated rings. The summed E-state index contributed by atoms with van der Waals surface area (Å²) >= 11 is 4.90. The van der Waals surface area contributed by atoms with E-state index < -0.39 is 12.7 Å². The van der Waals surface area contributed by atoms with Crippen molar-refractivity contribution in [1.82, 2.24) is 9.88 Å². The van der Waals surface area contributed by atoms with Gasteiger partial charge in [-0.15, -0.1) is 0 Å². The summed E-state index contributed by atoms with van der Waals surface area (Å²) in [5.74, 6) is 0.696. The maximum atomic E-state index is 12.3. The Morgan fingerprint density at radius 2 is 1.95 bits per heavy atom. The SMILES string of the molecule is NC(=S)c1ccnc(N2CCN(CC(F)(F)F)CC2)c1. The zero-order valence-electron chi connectivity index (χ0n) is 10.7. The molecule has 0 amide bonds. The lowest BCUT2D eigenvalue weighted by molar-refractivity contribution is -0.146. The van der Waals surface area contributed by atoms with Crippen LogP contribution in [0.3, 0.4) is 0 Å². The number of nitrogens with zero attached hydrogens (tertiary/aromatic N) is 3. The van der Waals surface area contributed by atoms with Gasteiger partial charge in [0.1, 0.15) is 10.8 Å². The molecular weight excluding hydrogens is 289 g/mol. The van der Waals surface area contributed by atoms with Crippen LogP contribution in [-0.2, 0) is 0 Å². The summed E-state index contributed by atoms with van der Waals surface area (Å²) in [6.45, 7) is 0.867. The molecule has 1 aromatic heterocycles. The molecule has 2 N–H and O–H groups in total. The second-order valence-electron chi connectivity index (χ2n) is 4.65. The van der Waals surface area contributed by atoms with Gasteiger partial charge in [0.15, 0.2) is 0 Å². The molecule has 0 spiro atoms. The molecule has 1 saturated heterocycles. The van der Waals surface area contributed by atoms with Gasteiger partial charge in [-0.3, -0.25) is 4.90 Å². The normalized spacial score (nSPS) is 17.2. The van der Waals surface area contributed by atoms with Crippen molar-refractivity contribution in [3.05, 3.63) is 23.9 Å². The summed E-state index contributed by atoms with van der Waals surface area (Å²) < 4.78 is 36.9. The number of hydrogen-bond donors (Lipinski definition) is 1. The first kappa shape index (κ1) is 15.0. The number of nitrogens with two attached hydrogens (primary N) is 1. The molecule has 8 heteroatoms. The highest BCUT2D eigenvalue weighted by molar-refractivity contribution is 7.80. The van der Waals surface area contributed by atoms with Gasteiger partial charge in [-0.05, 0) is 12.1 Å². The molecule has 0 saturated carbocycles. The van der Waals surface area contributed by atoms with Crippen LogP contribution in [0.25, 0.3) is 0 Å². The van der Waals surface area contributed by atoms with Gasteiger partial charge in [0.05, 0.1) is 6.54 Å². The molecule has 0 radical (unpaired) electrons. The monoisotopic (exact) mass is 304 g/mol. The lowest BCUT2D eigenvalue weighted by Gasteiger charge is -2.35. The molecule has 110 valence electrons. The second-order valence-corrected chi connectivity index (χ2v) is 5.09. The highest BCUT2D eigenvalue weighted by Gasteiger charge is 2.32. The van der Waals surface area contributed by atoms with Crippen molar-refractivity contribution in [3.63, 3.8) is 0 Å². The van der Waals surface area contributed by atoms with Crippen LogP contribution < -0.4 is 10.6 Å². The molecule has 1 aliphatic rings. The van der Waals surface area contributed by atoms with E-state index in [1.165, 1.54) is 4.90 Å². The molecule has 1 aliphatic heterocycles. The molecule has 0 aromatic carbocycles. The third-order valence-electron chi connectivity index (χ3n) is 3.13. The van der Waals surface area contributed by atoms with Crippen LogP contribution in [0.2, 0.25) is 0 Å². The number of halogens is 3. The lowest BCUT2D eigenvalue weighted by Crippen LogP contribution is -2.49. The third kappa shape index (κ3) is 4.04. The second kappa shape index (κ2) is 5.92. The standard InChI is InChI=1S/C12H15F3N4S/c13-12(14,15)8-18-3-5-19(6-4-18)10-7-9(11(16)20)1-2-17-10/h1-2,7H,3-6,8H2,(H2,16,20). The number of piperazine rings is 1. The van der Waals surface area contributed by atoms with E-state index in [0.717, 1.165) is 0 Å². The van der Waals surface area contributed by atoms with Crippen LogP contribution in [0.15, 0.2) is 18.3 Å². The Morgan fingerprint density at radius 3 is 2.50 bits per heavy atom. The van der Waals surface area contributed by atoms with E-state index in [9.17, 15) is 13.2 Å². The van der Waals surface area contributed by atoms with E-state index in [1.807, 2.05) is 4.90 Å². The first-order valence-electron chi connectivity index (χ1n) is 6.15. The molecule has 4 nitrogen and oxygen atoms in total. The van der Waals surface area contributed by atoms with Gasteiger partial charge in [0.25, 0.3) is 0 Å². The average molecular weight is 304 g/mol. The quantitative estimate of drug-likeness (QED) is 0.855. The van der Waals surface area contributed by atoms with E-state index in [-0.39, 0.29) is 4.99 Å². The summed E-state index contributed by atoms with van der Waals surface area (Å²) in [4.78, 5) is 7.83. The van der Waals surface area contributed by atoms with Crippen LogP contribution in [-0.4, -0.2) is 53.8 Å². The summed E-state index contributed by atoms with van der Waals surface area (Å²) in [6.07, 6.45) is -2.54. The predicted molar refractivity (Wildman–Crippen MR) is 74.8 cm³/mol. The molecule has 2 heterocycles. The zero-order valence-corrected chi connectivity index (χ0v) is 11.5. The third-order valence-corrected chi connectivity index (χ3v) is 3.36. The first-order chi connectivity index (χ1) is 9.35. The molecule has 20 heavy (non-hydrogen) atoms. The fourth-order valence-electron chi connectivity index (χ4n) is 2.13. The fraction of sp³-hybridized carbons (Fsp3) is 0.500. The van der Waals surface area contributed by atoms with E-state index >= 15 is 0 Å². The molecule has 2 rings (SSSR count). The number of alkyl halides is 3. The Labute approximate surface area is 120 Å². The van der Waals surface area contributed by atoms with Crippen molar-refractivity contribution in [3.8, 4) is 0 Å². The van der Waals surface area contributed by atoms with Crippen LogP contribution in [0.4, 0.5) is 19.0 Å². The van der Waals surface area contributed by atoms with E-state index in [0.29, 0.717) is 37.6 Å². The van der Waals surface area contributed by atoms with Gasteiger partial charge in [0.2, 0.25) is 0 Å². The summed E-state index contributed by atoms with van der Waals surface area (Å²) in [5.41, 5.74) is 6.27. The van der Waals surface area contributed by atoms with Crippen LogP contribution in [0.5, 0.6) is 0 Å². The topological polar surface area (TPSA) is 45.4 Å². The summed E-state index contributed by atoms with van der Waals surface area (Å²) in [6, 6.07) is 3.48. The Kier molecular flexibility index (Phi) is 4.44. The minimum absolute atomic E-state index is 0.282. The minimum atomic E-state index is -4.15. The van der Waals surface area contributed by atoms with Crippen molar-refractivity contribution < 1.29 is 13.2 Å². The number of rotatable bonds is 3. The van der Waals surface area contributed by atoms with Gasteiger partial charge < -0.3 is 10.6 Å². The Balaban J connectivity index is 1.97. The Bertz CT molecular complexity index is 484. The fourth-order valence-corrected chi connectivity index (χ4v) is 2.26. The van der Waals surface area contributed by atoms with E-state index in [1.54, 1.807) is 18.3 Å². The van der Waals surface area contributed by atoms with E-state index in [4.69, 9.17) is 18.0 Å². The van der Waals surface area contributed by atoms with Crippen LogP contribution >= 0.6 is 12.2 Å². The molecule has 0 unspecified atom stereocenters. The van der Waals surface area contributed by atoms with Gasteiger partial charge in [-0.1, -0.05) is 12.2 Å². The maximum absolute atomic E-state index is 12.3. The van der Waals surface area contributed by atoms with E-state index in [2.05, 4.69) is 4.98 Å². The smallest absolute Gasteiger partial charge is 0.389 e. The van der Waals surface area contributed by atoms with Gasteiger partial charge in [-0.2, -0.15) is 13.2 Å². The zero-order chi connectivity index (χ0) is 14.8. The average Bonchev–Trinajstić information content (AvgIpc) is 2.38. The molecule has 0 aliphatic carbocycles. The van der Waals surface area contributed by atoms with Crippen molar-refractivity contribution >= 4 is 23.0 Å². The van der Waals surface area contributed by atoms with Crippen LogP contribution in [0, 0.1) is 0 Å². The van der Waals surface area contributed by atoms with Crippen molar-refractivity contribution in [2.24, 2.45) is 5.73 Å². The van der Waals surface area contributed by atoms with Gasteiger partial charge in [-0.25, -0.2) is 4.98 Å². The summed E-state index contributed by atoms with van der Waals surface area (Å²) in [7, 11) is 0. The lowest BCUT2D eigenvalue weighted by atomic mass is 10.2. The highest BCUT2D eigenvalue weighted by Crippen LogP contribution is 2.19. The number of anilines is 1. The number of pyridine rings is 1. The highest BCUT2D eigenvalue weighted by atomic mass is 32.1. The Hall–Kier alpha value is -1.41. The molecular formula is C12H15F3N4S. The largest absolute Gasteiger partial charge is 0.401 e. The van der Waals surface area contributed by atoms with Crippen molar-refractivity contribution in [2.75, 3.05) is 37.6 Å². The van der Waals surface area contributed by atoms with Gasteiger partial charge in [0, 0.05) is 37.9 Å². The van der Waals surface area contributed by atoms with Crippen LogP contribution in [0.1, 0.15) is 5.56 Å². The van der Waals surface area contributed by atoms with Gasteiger partial charge >= 0.3 is 6.18 Å².